The van der Waals surface area contributed by atoms with E-state index in [1.165, 1.54) is 4.90 Å². The van der Waals surface area contributed by atoms with E-state index in [-0.39, 0.29) is 25.0 Å². The van der Waals surface area contributed by atoms with Gasteiger partial charge in [-0.05, 0) is 18.2 Å². The van der Waals surface area contributed by atoms with Crippen LogP contribution in [0.1, 0.15) is 32.6 Å². The minimum Gasteiger partial charge on any atom is -0.395 e. The first-order valence-electron chi connectivity index (χ1n) is 10.1. The fourth-order valence-corrected chi connectivity index (χ4v) is 3.75. The third-order valence-corrected chi connectivity index (χ3v) is 5.47. The van der Waals surface area contributed by atoms with Gasteiger partial charge in [-0.2, -0.15) is 5.10 Å². The quantitative estimate of drug-likeness (QED) is 0.663. The van der Waals surface area contributed by atoms with Gasteiger partial charge in [-0.25, -0.2) is 4.98 Å². The molecule has 2 aromatic heterocycles. The van der Waals surface area contributed by atoms with Crippen LogP contribution in [0.25, 0.3) is 10.9 Å². The van der Waals surface area contributed by atoms with Gasteiger partial charge < -0.3 is 19.6 Å². The molecule has 1 aliphatic heterocycles. The molecule has 2 amide bonds. The molecule has 0 spiro atoms. The Balaban J connectivity index is 1.66. The van der Waals surface area contributed by atoms with E-state index in [1.54, 1.807) is 42.0 Å². The van der Waals surface area contributed by atoms with Crippen molar-refractivity contribution in [2.45, 2.75) is 6.10 Å². The van der Waals surface area contributed by atoms with Crippen molar-refractivity contribution in [3.8, 4) is 0 Å². The van der Waals surface area contributed by atoms with Crippen LogP contribution in [-0.2, 0) is 11.8 Å². The third kappa shape index (κ3) is 4.14. The summed E-state index contributed by atoms with van der Waals surface area (Å²) in [4.78, 5) is 33.9. The number of para-hydroxylation sites is 1. The molecule has 0 aliphatic carbocycles. The molecular formula is C22H25N5O4. The lowest BCUT2D eigenvalue weighted by Gasteiger charge is -2.33. The number of amides is 2. The Morgan fingerprint density at radius 3 is 2.84 bits per heavy atom. The fourth-order valence-electron chi connectivity index (χ4n) is 3.75. The molecule has 1 atom stereocenters. The van der Waals surface area contributed by atoms with Crippen LogP contribution in [0.3, 0.4) is 0 Å². The van der Waals surface area contributed by atoms with Crippen molar-refractivity contribution in [3.05, 3.63) is 59.5 Å². The zero-order chi connectivity index (χ0) is 22.0. The van der Waals surface area contributed by atoms with E-state index in [2.05, 4.69) is 5.10 Å². The first-order chi connectivity index (χ1) is 15.0. The van der Waals surface area contributed by atoms with Gasteiger partial charge in [-0.1, -0.05) is 18.2 Å². The molecule has 1 saturated heterocycles. The first-order valence-corrected chi connectivity index (χ1v) is 10.1. The highest BCUT2D eigenvalue weighted by molar-refractivity contribution is 6.06. The van der Waals surface area contributed by atoms with Crippen molar-refractivity contribution in [2.75, 3.05) is 39.9 Å². The zero-order valence-electron chi connectivity index (χ0n) is 17.6. The predicted molar refractivity (Wildman–Crippen MR) is 114 cm³/mol. The lowest BCUT2D eigenvalue weighted by Crippen LogP contribution is -2.43. The molecule has 4 rings (SSSR count). The number of nitrogens with zero attached hydrogens (tertiary/aromatic N) is 5. The van der Waals surface area contributed by atoms with Crippen molar-refractivity contribution in [1.82, 2.24) is 24.6 Å². The average molecular weight is 423 g/mol. The van der Waals surface area contributed by atoms with Crippen LogP contribution in [0, 0.1) is 0 Å². The van der Waals surface area contributed by atoms with E-state index in [9.17, 15) is 14.7 Å². The summed E-state index contributed by atoms with van der Waals surface area (Å²) in [5.74, 6) is -0.319. The van der Waals surface area contributed by atoms with Gasteiger partial charge in [0.25, 0.3) is 11.8 Å². The lowest BCUT2D eigenvalue weighted by molar-refractivity contribution is -0.0249. The van der Waals surface area contributed by atoms with Gasteiger partial charge >= 0.3 is 0 Å². The smallest absolute Gasteiger partial charge is 0.272 e. The van der Waals surface area contributed by atoms with Gasteiger partial charge in [0.2, 0.25) is 0 Å². The number of aryl methyl sites for hydroxylation is 1. The summed E-state index contributed by atoms with van der Waals surface area (Å²) in [6.07, 6.45) is 1.14. The minimum atomic E-state index is -0.453. The van der Waals surface area contributed by atoms with Crippen LogP contribution in [0.15, 0.2) is 42.6 Å². The summed E-state index contributed by atoms with van der Waals surface area (Å²) >= 11 is 0. The van der Waals surface area contributed by atoms with Gasteiger partial charge in [0, 0.05) is 38.8 Å². The van der Waals surface area contributed by atoms with E-state index in [0.29, 0.717) is 42.2 Å². The minimum absolute atomic E-state index is 0.116. The molecule has 0 unspecified atom stereocenters. The van der Waals surface area contributed by atoms with Crippen molar-refractivity contribution in [2.24, 2.45) is 7.05 Å². The Morgan fingerprint density at radius 1 is 1.29 bits per heavy atom. The maximum atomic E-state index is 13.0. The van der Waals surface area contributed by atoms with E-state index in [1.807, 2.05) is 24.3 Å². The molecule has 1 fully saturated rings. The van der Waals surface area contributed by atoms with E-state index in [0.717, 1.165) is 5.39 Å². The van der Waals surface area contributed by atoms with E-state index < -0.39 is 6.10 Å². The van der Waals surface area contributed by atoms with Crippen LogP contribution >= 0.6 is 0 Å². The molecule has 0 radical (unpaired) electrons. The second-order valence-electron chi connectivity index (χ2n) is 7.51. The van der Waals surface area contributed by atoms with Crippen LogP contribution in [-0.4, -0.2) is 81.4 Å². The Kier molecular flexibility index (Phi) is 5.97. The Hall–Kier alpha value is -3.30. The van der Waals surface area contributed by atoms with Gasteiger partial charge in [0.05, 0.1) is 36.5 Å². The SMILES string of the molecule is CN(CCO)C(=O)c1cc([C@@H]2CN(C(=O)c3ccnn3C)CCO2)nc2ccccc12. The molecule has 3 heterocycles. The highest BCUT2D eigenvalue weighted by atomic mass is 16.5. The number of hydrogen-bond acceptors (Lipinski definition) is 6. The zero-order valence-corrected chi connectivity index (χ0v) is 17.6. The van der Waals surface area contributed by atoms with Gasteiger partial charge in [-0.3, -0.25) is 14.3 Å². The number of carbonyl (C=O) groups is 2. The summed E-state index contributed by atoms with van der Waals surface area (Å²) in [6, 6.07) is 10.9. The first kappa shape index (κ1) is 21.0. The van der Waals surface area contributed by atoms with Crippen molar-refractivity contribution in [1.29, 1.82) is 0 Å². The van der Waals surface area contributed by atoms with E-state index in [4.69, 9.17) is 9.72 Å². The predicted octanol–water partition coefficient (Wildman–Crippen LogP) is 1.25. The number of benzene rings is 1. The van der Waals surface area contributed by atoms with Crippen molar-refractivity contribution < 1.29 is 19.4 Å². The summed E-state index contributed by atoms with van der Waals surface area (Å²) in [5.41, 5.74) is 2.28. The van der Waals surface area contributed by atoms with Gasteiger partial charge in [0.1, 0.15) is 11.8 Å². The number of carbonyl (C=O) groups excluding carboxylic acids is 2. The monoisotopic (exact) mass is 423 g/mol. The van der Waals surface area contributed by atoms with Gasteiger partial charge in [0.15, 0.2) is 0 Å². The molecule has 1 N–H and O–H groups in total. The number of pyridine rings is 1. The van der Waals surface area contributed by atoms with Gasteiger partial charge in [-0.15, -0.1) is 0 Å². The molecule has 3 aromatic rings. The summed E-state index contributed by atoms with van der Waals surface area (Å²) < 4.78 is 7.49. The molecule has 162 valence electrons. The van der Waals surface area contributed by atoms with Crippen molar-refractivity contribution >= 4 is 22.7 Å². The second kappa shape index (κ2) is 8.83. The number of fused-ring (bicyclic) bond motifs is 1. The number of likely N-dealkylation sites (N-methyl/N-ethyl adjacent to an activating group) is 1. The summed E-state index contributed by atoms with van der Waals surface area (Å²) in [7, 11) is 3.38. The number of aliphatic hydroxyl groups excluding tert-OH is 1. The molecule has 0 saturated carbocycles. The molecular weight excluding hydrogens is 398 g/mol. The Labute approximate surface area is 179 Å². The number of rotatable bonds is 5. The average Bonchev–Trinajstić information content (AvgIpc) is 3.23. The van der Waals surface area contributed by atoms with E-state index >= 15 is 0 Å². The number of aromatic nitrogens is 3. The molecule has 1 aliphatic rings. The maximum absolute atomic E-state index is 13.0. The Morgan fingerprint density at radius 2 is 2.10 bits per heavy atom. The normalized spacial score (nSPS) is 16.5. The number of hydrogen-bond donors (Lipinski definition) is 1. The fraction of sp³-hybridized carbons (Fsp3) is 0.364. The highest BCUT2D eigenvalue weighted by Gasteiger charge is 2.29. The van der Waals surface area contributed by atoms with Crippen LogP contribution < -0.4 is 0 Å². The molecule has 0 bridgehead atoms. The number of aliphatic hydroxyl groups is 1. The Bertz CT molecular complexity index is 1110. The number of ether oxygens (including phenoxy) is 1. The van der Waals surface area contributed by atoms with Crippen LogP contribution in [0.2, 0.25) is 0 Å². The standard InChI is InChI=1S/C22H25N5O4/c1-25(9-11-28)21(29)16-13-18(24-17-6-4-3-5-15(16)17)20-14-27(10-12-31-20)22(30)19-7-8-23-26(19)2/h3-8,13,20,28H,9-12,14H2,1-2H3/t20-/m0/s1. The third-order valence-electron chi connectivity index (χ3n) is 5.47. The molecule has 1 aromatic carbocycles. The van der Waals surface area contributed by atoms with Crippen LogP contribution in [0.4, 0.5) is 0 Å². The summed E-state index contributed by atoms with van der Waals surface area (Å²) in [5, 5.41) is 14.0. The number of morpholine rings is 1. The molecule has 31 heavy (non-hydrogen) atoms. The van der Waals surface area contributed by atoms with Crippen molar-refractivity contribution in [3.63, 3.8) is 0 Å². The topological polar surface area (TPSA) is 101 Å². The largest absolute Gasteiger partial charge is 0.395 e. The molecule has 9 nitrogen and oxygen atoms in total. The highest BCUT2D eigenvalue weighted by Crippen LogP contribution is 2.27. The second-order valence-corrected chi connectivity index (χ2v) is 7.51. The lowest BCUT2D eigenvalue weighted by atomic mass is 10.0. The molecule has 9 heteroatoms. The van der Waals surface area contributed by atoms with Crippen LogP contribution in [0.5, 0.6) is 0 Å². The summed E-state index contributed by atoms with van der Waals surface area (Å²) in [6.45, 7) is 1.29. The maximum Gasteiger partial charge on any atom is 0.272 e.